The minimum atomic E-state index is -4.91. The molecule has 1 heterocycles. The van der Waals surface area contributed by atoms with Crippen LogP contribution in [0, 0.1) is 23.6 Å². The van der Waals surface area contributed by atoms with Gasteiger partial charge in [-0.25, -0.2) is 9.18 Å². The Balaban J connectivity index is 2.23. The molecule has 8 heteroatoms. The van der Waals surface area contributed by atoms with E-state index in [1.807, 2.05) is 5.32 Å². The van der Waals surface area contributed by atoms with Crippen LogP contribution in [-0.4, -0.2) is 12.2 Å². The summed E-state index contributed by atoms with van der Waals surface area (Å²) in [6.07, 6.45) is -3.46. The molecular formula is C15H11ClF4N2O. The van der Waals surface area contributed by atoms with Gasteiger partial charge in [-0.15, -0.1) is 11.6 Å². The molecule has 0 radical (unpaired) electrons. The maximum atomic E-state index is 14.0. The Morgan fingerprint density at radius 2 is 2.04 bits per heavy atom. The highest BCUT2D eigenvalue weighted by Crippen LogP contribution is 2.45. The standard InChI is InChI=1S/C15H11ClF4N2O/c16-7-9-5-12-10(6-11(9)17)14(15(18,19)20,22-13(23)21-12)4-3-8-1-2-8/h5-6,8H,1-2,7H2,(H2,21,22,23)/t14-/m0/s1. The molecule has 2 N–H and O–H groups in total. The van der Waals surface area contributed by atoms with Gasteiger partial charge in [0.05, 0.1) is 5.88 Å². The van der Waals surface area contributed by atoms with Gasteiger partial charge in [0.2, 0.25) is 5.54 Å². The van der Waals surface area contributed by atoms with Gasteiger partial charge < -0.3 is 10.6 Å². The van der Waals surface area contributed by atoms with Crippen molar-refractivity contribution in [2.75, 3.05) is 5.32 Å². The number of fused-ring (bicyclic) bond motifs is 1. The van der Waals surface area contributed by atoms with Crippen LogP contribution < -0.4 is 10.6 Å². The van der Waals surface area contributed by atoms with Crippen molar-refractivity contribution in [2.24, 2.45) is 5.92 Å². The van der Waals surface area contributed by atoms with Crippen LogP contribution in [0.4, 0.5) is 28.0 Å². The maximum Gasteiger partial charge on any atom is 0.427 e. The summed E-state index contributed by atoms with van der Waals surface area (Å²) in [6, 6.07) is 0.789. The summed E-state index contributed by atoms with van der Waals surface area (Å²) >= 11 is 5.56. The third-order valence-electron chi connectivity index (χ3n) is 3.75. The molecule has 1 aromatic carbocycles. The lowest BCUT2D eigenvalue weighted by molar-refractivity contribution is -0.178. The number of anilines is 1. The number of carbonyl (C=O) groups excluding carboxylic acids is 1. The van der Waals surface area contributed by atoms with Crippen molar-refractivity contribution in [3.8, 4) is 11.8 Å². The zero-order valence-electron chi connectivity index (χ0n) is 11.7. The number of urea groups is 1. The van der Waals surface area contributed by atoms with Crippen LogP contribution in [-0.2, 0) is 11.4 Å². The van der Waals surface area contributed by atoms with Crippen molar-refractivity contribution in [1.29, 1.82) is 0 Å². The van der Waals surface area contributed by atoms with Gasteiger partial charge in [-0.3, -0.25) is 0 Å². The van der Waals surface area contributed by atoms with Gasteiger partial charge in [0.25, 0.3) is 0 Å². The average molecular weight is 347 g/mol. The maximum absolute atomic E-state index is 14.0. The van der Waals surface area contributed by atoms with E-state index in [1.165, 1.54) is 0 Å². The first-order valence-electron chi connectivity index (χ1n) is 6.84. The molecule has 1 aromatic rings. The van der Waals surface area contributed by atoms with Crippen LogP contribution in [0.15, 0.2) is 12.1 Å². The number of nitrogens with one attached hydrogen (secondary N) is 2. The summed E-state index contributed by atoms with van der Waals surface area (Å²) in [5.41, 5.74) is -3.55. The van der Waals surface area contributed by atoms with E-state index in [0.717, 1.165) is 25.0 Å². The lowest BCUT2D eigenvalue weighted by Crippen LogP contribution is -2.59. The van der Waals surface area contributed by atoms with Crippen LogP contribution in [0.5, 0.6) is 0 Å². The fraction of sp³-hybridized carbons (Fsp3) is 0.400. The molecule has 2 aliphatic rings. The van der Waals surface area contributed by atoms with Crippen LogP contribution in [0.3, 0.4) is 0 Å². The fourth-order valence-corrected chi connectivity index (χ4v) is 2.56. The van der Waals surface area contributed by atoms with Gasteiger partial charge in [-0.1, -0.05) is 11.8 Å². The molecule has 3 rings (SSSR count). The first-order chi connectivity index (χ1) is 10.8. The Morgan fingerprint density at radius 1 is 1.35 bits per heavy atom. The minimum absolute atomic E-state index is 0.00107. The first kappa shape index (κ1) is 15.9. The van der Waals surface area contributed by atoms with E-state index in [9.17, 15) is 22.4 Å². The molecule has 122 valence electrons. The molecule has 1 aliphatic heterocycles. The molecule has 0 unspecified atom stereocenters. The normalized spacial score (nSPS) is 23.3. The summed E-state index contributed by atoms with van der Waals surface area (Å²) in [6.45, 7) is 0. The highest BCUT2D eigenvalue weighted by molar-refractivity contribution is 6.17. The predicted molar refractivity (Wildman–Crippen MR) is 76.3 cm³/mol. The predicted octanol–water partition coefficient (Wildman–Crippen LogP) is 3.87. The Labute approximate surface area is 134 Å². The number of halogens is 5. The van der Waals surface area contributed by atoms with Crippen LogP contribution >= 0.6 is 11.6 Å². The molecule has 0 aromatic heterocycles. The average Bonchev–Trinajstić information content (AvgIpc) is 3.27. The van der Waals surface area contributed by atoms with E-state index >= 15 is 0 Å². The largest absolute Gasteiger partial charge is 0.427 e. The third-order valence-corrected chi connectivity index (χ3v) is 4.04. The number of hydrogen-bond donors (Lipinski definition) is 2. The van der Waals surface area contributed by atoms with E-state index in [-0.39, 0.29) is 23.0 Å². The number of alkyl halides is 4. The third kappa shape index (κ3) is 2.72. The van der Waals surface area contributed by atoms with Crippen molar-refractivity contribution < 1.29 is 22.4 Å². The number of carbonyl (C=O) groups is 1. The number of hydrogen-bond acceptors (Lipinski definition) is 1. The second-order valence-electron chi connectivity index (χ2n) is 5.49. The highest BCUT2D eigenvalue weighted by atomic mass is 35.5. The Bertz CT molecular complexity index is 733. The van der Waals surface area contributed by atoms with Gasteiger partial charge in [0.1, 0.15) is 5.82 Å². The van der Waals surface area contributed by atoms with Crippen molar-refractivity contribution in [1.82, 2.24) is 5.32 Å². The second-order valence-corrected chi connectivity index (χ2v) is 5.76. The first-order valence-corrected chi connectivity index (χ1v) is 7.38. The van der Waals surface area contributed by atoms with Crippen LogP contribution in [0.2, 0.25) is 0 Å². The van der Waals surface area contributed by atoms with Crippen molar-refractivity contribution in [3.63, 3.8) is 0 Å². The summed E-state index contributed by atoms with van der Waals surface area (Å²) in [5.74, 6) is 3.45. The molecule has 0 saturated heterocycles. The minimum Gasteiger partial charge on any atom is -0.310 e. The van der Waals surface area contributed by atoms with E-state index < -0.39 is 29.1 Å². The smallest absolute Gasteiger partial charge is 0.310 e. The highest BCUT2D eigenvalue weighted by Gasteiger charge is 2.59. The van der Waals surface area contributed by atoms with Crippen LogP contribution in [0.1, 0.15) is 24.0 Å². The van der Waals surface area contributed by atoms with E-state index in [2.05, 4.69) is 17.2 Å². The van der Waals surface area contributed by atoms with Gasteiger partial charge in [0, 0.05) is 22.7 Å². The monoisotopic (exact) mass is 346 g/mol. The van der Waals surface area contributed by atoms with Crippen molar-refractivity contribution in [3.05, 3.63) is 29.1 Å². The molecule has 23 heavy (non-hydrogen) atoms. The quantitative estimate of drug-likeness (QED) is 0.452. The van der Waals surface area contributed by atoms with Crippen molar-refractivity contribution >= 4 is 23.3 Å². The molecule has 2 amide bonds. The Kier molecular flexibility index (Phi) is 3.68. The summed E-state index contributed by atoms with van der Waals surface area (Å²) < 4.78 is 55.2. The molecule has 1 aliphatic carbocycles. The van der Waals surface area contributed by atoms with Crippen molar-refractivity contribution in [2.45, 2.75) is 30.4 Å². The Hall–Kier alpha value is -1.94. The van der Waals surface area contributed by atoms with Gasteiger partial charge in [-0.2, -0.15) is 13.2 Å². The molecule has 1 saturated carbocycles. The number of rotatable bonds is 1. The fourth-order valence-electron chi connectivity index (χ4n) is 2.36. The zero-order valence-corrected chi connectivity index (χ0v) is 12.4. The zero-order chi connectivity index (χ0) is 16.8. The number of amides is 2. The topological polar surface area (TPSA) is 41.1 Å². The molecule has 0 bridgehead atoms. The van der Waals surface area contributed by atoms with E-state index in [1.54, 1.807) is 0 Å². The van der Waals surface area contributed by atoms with E-state index in [4.69, 9.17) is 11.6 Å². The molecular weight excluding hydrogens is 336 g/mol. The molecule has 3 nitrogen and oxygen atoms in total. The lowest BCUT2D eigenvalue weighted by atomic mass is 9.85. The van der Waals surface area contributed by atoms with E-state index in [0.29, 0.717) is 0 Å². The summed E-state index contributed by atoms with van der Waals surface area (Å²) in [5, 5.41) is 4.07. The summed E-state index contributed by atoms with van der Waals surface area (Å²) in [7, 11) is 0. The van der Waals surface area contributed by atoms with Crippen LogP contribution in [0.25, 0.3) is 0 Å². The van der Waals surface area contributed by atoms with Gasteiger partial charge in [0.15, 0.2) is 0 Å². The van der Waals surface area contributed by atoms with Gasteiger partial charge >= 0.3 is 12.2 Å². The van der Waals surface area contributed by atoms with Gasteiger partial charge in [-0.05, 0) is 25.0 Å². The lowest BCUT2D eigenvalue weighted by Gasteiger charge is -2.37. The molecule has 1 atom stereocenters. The molecule has 0 spiro atoms. The second kappa shape index (κ2) is 5.31. The number of benzene rings is 1. The Morgan fingerprint density at radius 3 is 2.61 bits per heavy atom. The summed E-state index contributed by atoms with van der Waals surface area (Å²) in [4.78, 5) is 11.7. The molecule has 1 fully saturated rings. The SMILES string of the molecule is O=C1Nc2cc(CCl)c(F)cc2[C@@](C#CC2CC2)(C(F)(F)F)N1.